The van der Waals surface area contributed by atoms with Crippen LogP contribution in [0, 0.1) is 5.82 Å². The summed E-state index contributed by atoms with van der Waals surface area (Å²) in [4.78, 5) is 40.8. The highest BCUT2D eigenvalue weighted by atomic mass is 19.1. The zero-order valence-electron chi connectivity index (χ0n) is 19.2. The molecule has 1 fully saturated rings. The molecule has 3 amide bonds. The maximum atomic E-state index is 14.5. The van der Waals surface area contributed by atoms with E-state index in [0.29, 0.717) is 6.42 Å². The Morgan fingerprint density at radius 2 is 1.59 bits per heavy atom. The maximum Gasteiger partial charge on any atom is 0.340 e. The van der Waals surface area contributed by atoms with E-state index >= 15 is 0 Å². The molecule has 1 aliphatic heterocycles. The normalized spacial score (nSPS) is 15.1. The number of imide groups is 1. The topological polar surface area (TPSA) is 66.9 Å². The summed E-state index contributed by atoms with van der Waals surface area (Å²) in [5.41, 5.74) is 1.77. The summed E-state index contributed by atoms with van der Waals surface area (Å²) in [6.45, 7) is 3.57. The van der Waals surface area contributed by atoms with Crippen molar-refractivity contribution < 1.29 is 23.5 Å². The summed E-state index contributed by atoms with van der Waals surface area (Å²) in [7, 11) is 1.15. The number of hydrogen-bond acceptors (Lipinski definition) is 4. The zero-order chi connectivity index (χ0) is 24.5. The number of carbonyl (C=O) groups excluding carboxylic acids is 3. The molecule has 0 spiro atoms. The van der Waals surface area contributed by atoms with Crippen LogP contribution in [-0.2, 0) is 22.5 Å². The molecule has 6 nitrogen and oxygen atoms in total. The van der Waals surface area contributed by atoms with Gasteiger partial charge in [-0.2, -0.15) is 0 Å². The molecule has 0 N–H and O–H groups in total. The van der Waals surface area contributed by atoms with Crippen LogP contribution in [0.15, 0.2) is 72.8 Å². The average molecular weight is 461 g/mol. The van der Waals surface area contributed by atoms with Crippen LogP contribution in [0.2, 0.25) is 0 Å². The molecule has 0 saturated carbocycles. The lowest BCUT2D eigenvalue weighted by Crippen LogP contribution is -2.43. The molecule has 174 valence electrons. The summed E-state index contributed by atoms with van der Waals surface area (Å²) in [5, 5.41) is 0. The van der Waals surface area contributed by atoms with E-state index in [1.165, 1.54) is 17.0 Å². The van der Waals surface area contributed by atoms with Crippen LogP contribution in [0.1, 0.15) is 40.9 Å². The molecule has 0 aromatic heterocycles. The molecule has 1 heterocycles. The molecular weight excluding hydrogens is 435 g/mol. The Morgan fingerprint density at radius 3 is 2.24 bits per heavy atom. The Morgan fingerprint density at radius 1 is 0.941 bits per heavy atom. The van der Waals surface area contributed by atoms with Crippen molar-refractivity contribution in [3.63, 3.8) is 0 Å². The minimum atomic E-state index is -1.14. The van der Waals surface area contributed by atoms with Gasteiger partial charge in [-0.05, 0) is 55.2 Å². The van der Waals surface area contributed by atoms with Crippen LogP contribution in [-0.4, -0.2) is 35.5 Å². The first kappa shape index (κ1) is 23.2. The van der Waals surface area contributed by atoms with E-state index in [0.717, 1.165) is 34.8 Å². The quantitative estimate of drug-likeness (QED) is 0.386. The minimum Gasteiger partial charge on any atom is -0.465 e. The lowest BCUT2D eigenvalue weighted by atomic mass is 9.97. The third-order valence-electron chi connectivity index (χ3n) is 6.12. The number of halogens is 1. The average Bonchev–Trinajstić information content (AvgIpc) is 2.99. The number of methoxy groups -OCH3 is 1. The van der Waals surface area contributed by atoms with Crippen LogP contribution >= 0.6 is 0 Å². The first-order chi connectivity index (χ1) is 16.2. The van der Waals surface area contributed by atoms with Gasteiger partial charge in [-0.1, -0.05) is 54.6 Å². The van der Waals surface area contributed by atoms with Gasteiger partial charge in [0.25, 0.3) is 5.91 Å². The maximum absolute atomic E-state index is 14.5. The number of hydrogen-bond donors (Lipinski definition) is 0. The molecule has 0 unspecified atom stereocenters. The van der Waals surface area contributed by atoms with Crippen LogP contribution in [0.5, 0.6) is 0 Å². The lowest BCUT2D eigenvalue weighted by Gasteiger charge is -2.28. The zero-order valence-corrected chi connectivity index (χ0v) is 19.2. The summed E-state index contributed by atoms with van der Waals surface area (Å²) in [5.74, 6) is -2.17. The molecule has 3 aromatic rings. The van der Waals surface area contributed by atoms with Crippen molar-refractivity contribution in [2.45, 2.75) is 32.4 Å². The smallest absolute Gasteiger partial charge is 0.340 e. The third-order valence-corrected chi connectivity index (χ3v) is 6.12. The minimum absolute atomic E-state index is 0.0632. The molecular formula is C27H25FN2O4. The molecule has 4 rings (SSSR count). The van der Waals surface area contributed by atoms with E-state index in [4.69, 9.17) is 0 Å². The van der Waals surface area contributed by atoms with Crippen molar-refractivity contribution in [1.82, 2.24) is 4.90 Å². The molecule has 1 aliphatic rings. The fourth-order valence-corrected chi connectivity index (χ4v) is 4.12. The van der Waals surface area contributed by atoms with E-state index in [1.807, 2.05) is 54.6 Å². The van der Waals surface area contributed by atoms with Crippen LogP contribution in [0.25, 0.3) is 0 Å². The summed E-state index contributed by atoms with van der Waals surface area (Å²) in [6.07, 6.45) is 0.692. The van der Waals surface area contributed by atoms with Crippen LogP contribution in [0.3, 0.4) is 0 Å². The number of nitrogens with zero attached hydrogens (tertiary/aromatic N) is 2. The van der Waals surface area contributed by atoms with E-state index in [2.05, 4.69) is 4.74 Å². The number of amides is 3. The first-order valence-corrected chi connectivity index (χ1v) is 10.9. The number of rotatable bonds is 6. The summed E-state index contributed by atoms with van der Waals surface area (Å²) in [6, 6.07) is 20.8. The standard InChI is InChI=1S/C27H25FN2O4/c1-27(2)25(32)30(21-13-14-22(23(28)16-21)24(31)34-3)26(33)29(27)17-20-12-8-7-11-19(20)15-18-9-5-4-6-10-18/h4-14,16H,15,17H2,1-3H3. The van der Waals surface area contributed by atoms with E-state index in [9.17, 15) is 18.8 Å². The van der Waals surface area contributed by atoms with Crippen molar-refractivity contribution in [3.8, 4) is 0 Å². The van der Waals surface area contributed by atoms with Crippen LogP contribution in [0.4, 0.5) is 14.9 Å². The molecule has 0 radical (unpaired) electrons. The highest BCUT2D eigenvalue weighted by Gasteiger charge is 2.52. The van der Waals surface area contributed by atoms with Crippen LogP contribution < -0.4 is 4.90 Å². The van der Waals surface area contributed by atoms with Gasteiger partial charge in [0.15, 0.2) is 0 Å². The van der Waals surface area contributed by atoms with Crippen molar-refractivity contribution in [3.05, 3.63) is 101 Å². The van der Waals surface area contributed by atoms with Gasteiger partial charge in [0.2, 0.25) is 0 Å². The molecule has 1 saturated heterocycles. The fraction of sp³-hybridized carbons (Fsp3) is 0.222. The van der Waals surface area contributed by atoms with Gasteiger partial charge < -0.3 is 9.64 Å². The highest BCUT2D eigenvalue weighted by Crippen LogP contribution is 2.34. The number of benzene rings is 3. The number of anilines is 1. The highest BCUT2D eigenvalue weighted by molar-refractivity contribution is 6.23. The predicted octanol–water partition coefficient (Wildman–Crippen LogP) is 4.95. The third kappa shape index (κ3) is 4.17. The number of carbonyl (C=O) groups is 3. The van der Waals surface area contributed by atoms with Gasteiger partial charge in [-0.3, -0.25) is 4.79 Å². The molecule has 3 aromatic carbocycles. The Kier molecular flexibility index (Phi) is 6.20. The lowest BCUT2D eigenvalue weighted by molar-refractivity contribution is -0.123. The Balaban J connectivity index is 1.64. The van der Waals surface area contributed by atoms with Gasteiger partial charge in [0.05, 0.1) is 18.4 Å². The number of esters is 1. The van der Waals surface area contributed by atoms with Crippen molar-refractivity contribution in [2.24, 2.45) is 0 Å². The van der Waals surface area contributed by atoms with E-state index in [-0.39, 0.29) is 17.8 Å². The second-order valence-corrected chi connectivity index (χ2v) is 8.66. The fourth-order valence-electron chi connectivity index (χ4n) is 4.12. The van der Waals surface area contributed by atoms with Crippen molar-refractivity contribution >= 4 is 23.6 Å². The first-order valence-electron chi connectivity index (χ1n) is 10.9. The molecule has 7 heteroatoms. The van der Waals surface area contributed by atoms with Gasteiger partial charge in [-0.15, -0.1) is 0 Å². The van der Waals surface area contributed by atoms with Gasteiger partial charge >= 0.3 is 12.0 Å². The SMILES string of the molecule is COC(=O)c1ccc(N2C(=O)N(Cc3ccccc3Cc3ccccc3)C(C)(C)C2=O)cc1F. The van der Waals surface area contributed by atoms with Gasteiger partial charge in [-0.25, -0.2) is 18.9 Å². The molecule has 34 heavy (non-hydrogen) atoms. The second-order valence-electron chi connectivity index (χ2n) is 8.66. The number of ether oxygens (including phenoxy) is 1. The van der Waals surface area contributed by atoms with Gasteiger partial charge in [0, 0.05) is 6.54 Å². The van der Waals surface area contributed by atoms with E-state index < -0.39 is 29.3 Å². The van der Waals surface area contributed by atoms with Gasteiger partial charge in [0.1, 0.15) is 11.4 Å². The monoisotopic (exact) mass is 460 g/mol. The second kappa shape index (κ2) is 9.09. The summed E-state index contributed by atoms with van der Waals surface area (Å²) >= 11 is 0. The Bertz CT molecular complexity index is 1260. The number of urea groups is 1. The predicted molar refractivity (Wildman–Crippen MR) is 126 cm³/mol. The van der Waals surface area contributed by atoms with Crippen molar-refractivity contribution in [2.75, 3.05) is 12.0 Å². The molecule has 0 atom stereocenters. The Labute approximate surface area is 197 Å². The Hall–Kier alpha value is -4.00. The van der Waals surface area contributed by atoms with E-state index in [1.54, 1.807) is 13.8 Å². The largest absolute Gasteiger partial charge is 0.465 e. The molecule has 0 aliphatic carbocycles. The van der Waals surface area contributed by atoms with Crippen molar-refractivity contribution in [1.29, 1.82) is 0 Å². The summed E-state index contributed by atoms with van der Waals surface area (Å²) < 4.78 is 19.1. The molecule has 0 bridgehead atoms.